The molecule has 0 unspecified atom stereocenters. The molecule has 0 heterocycles. The average molecular weight is 206 g/mol. The van der Waals surface area contributed by atoms with E-state index in [4.69, 9.17) is 11.2 Å². The molecule has 0 aromatic heterocycles. The maximum absolute atomic E-state index is 13.2. The van der Waals surface area contributed by atoms with Crippen LogP contribution in [-0.2, 0) is 0 Å². The molecule has 0 amide bonds. The van der Waals surface area contributed by atoms with E-state index in [1.165, 1.54) is 6.07 Å². The molecule has 0 N–H and O–H groups in total. The molecule has 2 heteroatoms. The van der Waals surface area contributed by atoms with Crippen LogP contribution in [0.15, 0.2) is 18.2 Å². The van der Waals surface area contributed by atoms with Crippen LogP contribution in [0.25, 0.3) is 0 Å². The van der Waals surface area contributed by atoms with Crippen LogP contribution in [0.3, 0.4) is 0 Å². The lowest BCUT2D eigenvalue weighted by atomic mass is 10.2. The fourth-order valence-electron chi connectivity index (χ4n) is 1.24. The molecular formula is C13H15FO. The third-order valence-corrected chi connectivity index (χ3v) is 2.11. The largest absolute Gasteiger partial charge is 0.493 e. The highest BCUT2D eigenvalue weighted by atomic mass is 19.1. The van der Waals surface area contributed by atoms with Crippen molar-refractivity contribution in [2.75, 3.05) is 6.61 Å². The van der Waals surface area contributed by atoms with Crippen molar-refractivity contribution in [2.24, 2.45) is 0 Å². The zero-order chi connectivity index (χ0) is 11.1. The van der Waals surface area contributed by atoms with Crippen LogP contribution in [-0.4, -0.2) is 6.61 Å². The third-order valence-electron chi connectivity index (χ3n) is 2.11. The molecule has 0 aliphatic carbocycles. The summed E-state index contributed by atoms with van der Waals surface area (Å²) >= 11 is 0. The van der Waals surface area contributed by atoms with Crippen LogP contribution in [0.4, 0.5) is 4.39 Å². The Morgan fingerprint density at radius 2 is 2.20 bits per heavy atom. The number of halogens is 1. The fraction of sp³-hybridized carbons (Fsp3) is 0.385. The Morgan fingerprint density at radius 3 is 2.80 bits per heavy atom. The molecule has 0 aliphatic heterocycles. The molecule has 0 atom stereocenters. The molecular weight excluding hydrogens is 191 g/mol. The second-order valence-electron chi connectivity index (χ2n) is 3.34. The van der Waals surface area contributed by atoms with Gasteiger partial charge in [-0.2, -0.15) is 0 Å². The van der Waals surface area contributed by atoms with Gasteiger partial charge in [0.2, 0.25) is 0 Å². The van der Waals surface area contributed by atoms with Gasteiger partial charge in [0, 0.05) is 6.07 Å². The second kappa shape index (κ2) is 6.08. The first-order chi connectivity index (χ1) is 7.27. The molecule has 0 saturated heterocycles. The van der Waals surface area contributed by atoms with Gasteiger partial charge in [-0.1, -0.05) is 25.7 Å². The van der Waals surface area contributed by atoms with Crippen molar-refractivity contribution in [3.05, 3.63) is 29.6 Å². The fourth-order valence-corrected chi connectivity index (χ4v) is 1.24. The first-order valence-corrected chi connectivity index (χ1v) is 5.17. The topological polar surface area (TPSA) is 9.23 Å². The average Bonchev–Trinajstić information content (AvgIpc) is 2.25. The Kier molecular flexibility index (Phi) is 4.70. The number of hydrogen-bond acceptors (Lipinski definition) is 1. The van der Waals surface area contributed by atoms with Gasteiger partial charge in [-0.05, 0) is 18.6 Å². The third kappa shape index (κ3) is 3.63. The molecule has 80 valence electrons. The number of unbranched alkanes of at least 4 members (excludes halogenated alkanes) is 2. The van der Waals surface area contributed by atoms with Crippen LogP contribution < -0.4 is 4.74 Å². The first kappa shape index (κ1) is 11.6. The van der Waals surface area contributed by atoms with Crippen molar-refractivity contribution in [2.45, 2.75) is 26.2 Å². The summed E-state index contributed by atoms with van der Waals surface area (Å²) in [5.74, 6) is 2.41. The van der Waals surface area contributed by atoms with E-state index in [0.29, 0.717) is 12.4 Å². The minimum absolute atomic E-state index is 0.274. The monoisotopic (exact) mass is 206 g/mol. The number of rotatable bonds is 5. The van der Waals surface area contributed by atoms with Crippen molar-refractivity contribution in [1.29, 1.82) is 0 Å². The van der Waals surface area contributed by atoms with Crippen LogP contribution in [0, 0.1) is 18.2 Å². The van der Waals surface area contributed by atoms with Crippen molar-refractivity contribution in [1.82, 2.24) is 0 Å². The van der Waals surface area contributed by atoms with Gasteiger partial charge >= 0.3 is 0 Å². The molecule has 0 aliphatic rings. The Labute approximate surface area is 90.3 Å². The molecule has 0 bridgehead atoms. The van der Waals surface area contributed by atoms with Crippen LogP contribution in [0.2, 0.25) is 0 Å². The molecule has 1 aromatic carbocycles. The van der Waals surface area contributed by atoms with Gasteiger partial charge < -0.3 is 4.74 Å². The van der Waals surface area contributed by atoms with Gasteiger partial charge in [-0.25, -0.2) is 4.39 Å². The molecule has 1 rings (SSSR count). The zero-order valence-electron chi connectivity index (χ0n) is 8.92. The highest BCUT2D eigenvalue weighted by Gasteiger charge is 2.01. The van der Waals surface area contributed by atoms with E-state index >= 15 is 0 Å². The summed E-state index contributed by atoms with van der Waals surface area (Å²) in [5.41, 5.74) is 0.274. The normalized spacial score (nSPS) is 9.67. The summed E-state index contributed by atoms with van der Waals surface area (Å²) in [6.07, 6.45) is 8.38. The quantitative estimate of drug-likeness (QED) is 0.530. The molecule has 15 heavy (non-hydrogen) atoms. The number of benzene rings is 1. The summed E-state index contributed by atoms with van der Waals surface area (Å²) in [7, 11) is 0. The van der Waals surface area contributed by atoms with Gasteiger partial charge in [0.1, 0.15) is 11.6 Å². The predicted octanol–water partition coefficient (Wildman–Crippen LogP) is 3.38. The summed E-state index contributed by atoms with van der Waals surface area (Å²) in [4.78, 5) is 0. The molecule has 1 nitrogen and oxygen atoms in total. The Morgan fingerprint density at radius 1 is 1.40 bits per heavy atom. The second-order valence-corrected chi connectivity index (χ2v) is 3.34. The Hall–Kier alpha value is -1.49. The van der Waals surface area contributed by atoms with Crippen molar-refractivity contribution in [3.8, 4) is 18.1 Å². The van der Waals surface area contributed by atoms with Gasteiger partial charge in [-0.3, -0.25) is 0 Å². The lowest BCUT2D eigenvalue weighted by Gasteiger charge is -2.05. The Balaban J connectivity index is 2.49. The van der Waals surface area contributed by atoms with Crippen LogP contribution >= 0.6 is 0 Å². The van der Waals surface area contributed by atoms with Crippen molar-refractivity contribution in [3.63, 3.8) is 0 Å². The lowest BCUT2D eigenvalue weighted by molar-refractivity contribution is 0.305. The van der Waals surface area contributed by atoms with E-state index in [9.17, 15) is 4.39 Å². The smallest absolute Gasteiger partial charge is 0.142 e. The van der Waals surface area contributed by atoms with Gasteiger partial charge in [0.05, 0.1) is 12.2 Å². The maximum Gasteiger partial charge on any atom is 0.142 e. The molecule has 0 radical (unpaired) electrons. The predicted molar refractivity (Wildman–Crippen MR) is 59.4 cm³/mol. The molecule has 1 aromatic rings. The minimum atomic E-state index is -0.398. The summed E-state index contributed by atoms with van der Waals surface area (Å²) < 4.78 is 18.6. The van der Waals surface area contributed by atoms with Crippen LogP contribution in [0.1, 0.15) is 31.7 Å². The summed E-state index contributed by atoms with van der Waals surface area (Å²) in [6.45, 7) is 2.75. The van der Waals surface area contributed by atoms with E-state index in [2.05, 4.69) is 12.8 Å². The SMILES string of the molecule is C#Cc1ccc(OCCCCC)cc1F. The van der Waals surface area contributed by atoms with E-state index in [-0.39, 0.29) is 5.56 Å². The highest BCUT2D eigenvalue weighted by molar-refractivity contribution is 5.38. The standard InChI is InChI=1S/C13H15FO/c1-3-5-6-9-15-12-8-7-11(4-2)13(14)10-12/h2,7-8,10H,3,5-6,9H2,1H3. The van der Waals surface area contributed by atoms with E-state index in [1.807, 2.05) is 0 Å². The minimum Gasteiger partial charge on any atom is -0.493 e. The van der Waals surface area contributed by atoms with Gasteiger partial charge in [-0.15, -0.1) is 6.42 Å². The van der Waals surface area contributed by atoms with Crippen LogP contribution in [0.5, 0.6) is 5.75 Å². The van der Waals surface area contributed by atoms with Gasteiger partial charge in [0.25, 0.3) is 0 Å². The van der Waals surface area contributed by atoms with Crippen molar-refractivity contribution < 1.29 is 9.13 Å². The lowest BCUT2D eigenvalue weighted by Crippen LogP contribution is -1.97. The number of terminal acetylenes is 1. The molecule has 0 fully saturated rings. The number of hydrogen-bond donors (Lipinski definition) is 0. The number of ether oxygens (including phenoxy) is 1. The Bertz CT molecular complexity index is 352. The molecule has 0 spiro atoms. The summed E-state index contributed by atoms with van der Waals surface area (Å²) in [5, 5.41) is 0. The van der Waals surface area contributed by atoms with E-state index in [1.54, 1.807) is 12.1 Å². The maximum atomic E-state index is 13.2. The molecule has 0 saturated carbocycles. The zero-order valence-corrected chi connectivity index (χ0v) is 8.92. The highest BCUT2D eigenvalue weighted by Crippen LogP contribution is 2.16. The summed E-state index contributed by atoms with van der Waals surface area (Å²) in [6, 6.07) is 4.59. The van der Waals surface area contributed by atoms with Crippen molar-refractivity contribution >= 4 is 0 Å². The van der Waals surface area contributed by atoms with E-state index < -0.39 is 5.82 Å². The van der Waals surface area contributed by atoms with E-state index in [0.717, 1.165) is 19.3 Å². The first-order valence-electron chi connectivity index (χ1n) is 5.17. The van der Waals surface area contributed by atoms with Gasteiger partial charge in [0.15, 0.2) is 0 Å².